The Morgan fingerprint density at radius 2 is 1.57 bits per heavy atom. The lowest BCUT2D eigenvalue weighted by atomic mass is 10.1. The average Bonchev–Trinajstić information content (AvgIpc) is 2.96. The molecule has 0 aliphatic carbocycles. The van der Waals surface area contributed by atoms with E-state index < -0.39 is 17.8 Å². The van der Waals surface area contributed by atoms with Crippen LogP contribution in [0, 0.1) is 13.8 Å². The van der Waals surface area contributed by atoms with Crippen LogP contribution in [0.5, 0.6) is 11.5 Å². The molecule has 7 nitrogen and oxygen atoms in total. The molecule has 212 valence electrons. The number of urea groups is 1. The Bertz CT molecular complexity index is 1720. The highest BCUT2D eigenvalue weighted by Gasteiger charge is 2.37. The average molecular weight is 601 g/mol. The highest BCUT2D eigenvalue weighted by molar-refractivity contribution is 6.39. The minimum absolute atomic E-state index is 0.244. The van der Waals surface area contributed by atoms with Crippen LogP contribution >= 0.6 is 23.2 Å². The maximum Gasteiger partial charge on any atom is 0.335 e. The van der Waals surface area contributed by atoms with E-state index >= 15 is 0 Å². The number of ether oxygens (including phenoxy) is 2. The summed E-state index contributed by atoms with van der Waals surface area (Å²) in [4.78, 5) is 39.9. The molecule has 0 spiro atoms. The normalized spacial score (nSPS) is 14.2. The van der Waals surface area contributed by atoms with Gasteiger partial charge in [0.15, 0.2) is 0 Å². The smallest absolute Gasteiger partial charge is 0.335 e. The monoisotopic (exact) mass is 600 g/mol. The molecule has 1 aliphatic rings. The maximum atomic E-state index is 13.5. The predicted molar refractivity (Wildman–Crippen MR) is 163 cm³/mol. The number of nitrogens with one attached hydrogen (secondary N) is 1. The largest absolute Gasteiger partial charge is 0.489 e. The summed E-state index contributed by atoms with van der Waals surface area (Å²) in [6.45, 7) is 4.58. The lowest BCUT2D eigenvalue weighted by molar-refractivity contribution is -0.122. The molecule has 0 unspecified atom stereocenters. The first-order chi connectivity index (χ1) is 20.2. The zero-order chi connectivity index (χ0) is 29.8. The highest BCUT2D eigenvalue weighted by Crippen LogP contribution is 2.29. The molecule has 1 N–H and O–H groups in total. The molecule has 0 saturated carbocycles. The molecule has 0 atom stereocenters. The molecule has 0 radical (unpaired) electrons. The first kappa shape index (κ1) is 28.9. The number of carbonyl (C=O) groups is 3. The number of hydrogen-bond acceptors (Lipinski definition) is 5. The summed E-state index contributed by atoms with van der Waals surface area (Å²) < 4.78 is 11.8. The van der Waals surface area contributed by atoms with Crippen molar-refractivity contribution < 1.29 is 23.9 Å². The first-order valence-corrected chi connectivity index (χ1v) is 13.8. The Morgan fingerprint density at radius 1 is 0.810 bits per heavy atom. The Hall–Kier alpha value is -4.59. The van der Waals surface area contributed by atoms with E-state index in [9.17, 15) is 14.4 Å². The molecule has 1 saturated heterocycles. The summed E-state index contributed by atoms with van der Waals surface area (Å²) in [5, 5.41) is 3.22. The Kier molecular flexibility index (Phi) is 8.61. The van der Waals surface area contributed by atoms with Crippen molar-refractivity contribution in [3.05, 3.63) is 128 Å². The van der Waals surface area contributed by atoms with E-state index in [0.29, 0.717) is 27.1 Å². The number of halogens is 2. The molecule has 0 aromatic heterocycles. The summed E-state index contributed by atoms with van der Waals surface area (Å²) >= 11 is 12.4. The molecule has 4 aromatic carbocycles. The van der Waals surface area contributed by atoms with Gasteiger partial charge in [0, 0.05) is 21.2 Å². The van der Waals surface area contributed by atoms with Gasteiger partial charge >= 0.3 is 6.03 Å². The van der Waals surface area contributed by atoms with Crippen LogP contribution in [-0.2, 0) is 22.8 Å². The van der Waals surface area contributed by atoms with Gasteiger partial charge in [-0.3, -0.25) is 14.9 Å². The quantitative estimate of drug-likeness (QED) is 0.168. The summed E-state index contributed by atoms with van der Waals surface area (Å²) in [6.07, 6.45) is 1.37. The molecule has 1 fully saturated rings. The van der Waals surface area contributed by atoms with Gasteiger partial charge in [-0.05, 0) is 85.1 Å². The zero-order valence-electron chi connectivity index (χ0n) is 22.8. The van der Waals surface area contributed by atoms with Gasteiger partial charge in [-0.25, -0.2) is 9.69 Å². The lowest BCUT2D eigenvalue weighted by Gasteiger charge is -2.26. The maximum absolute atomic E-state index is 13.5. The Labute approximate surface area is 253 Å². The second-order valence-electron chi connectivity index (χ2n) is 9.72. The fraction of sp³-hybridized carbons (Fsp3) is 0.121. The summed E-state index contributed by atoms with van der Waals surface area (Å²) in [7, 11) is 0. The number of barbiturate groups is 1. The van der Waals surface area contributed by atoms with Crippen LogP contribution < -0.4 is 19.7 Å². The fourth-order valence-electron chi connectivity index (χ4n) is 4.33. The van der Waals surface area contributed by atoms with Crippen LogP contribution in [0.15, 0.2) is 90.5 Å². The summed E-state index contributed by atoms with van der Waals surface area (Å²) in [6, 6.07) is 23.8. The topological polar surface area (TPSA) is 84.9 Å². The van der Waals surface area contributed by atoms with Crippen molar-refractivity contribution in [3.8, 4) is 11.5 Å². The van der Waals surface area contributed by atoms with Crippen LogP contribution in [0.25, 0.3) is 6.08 Å². The molecule has 42 heavy (non-hydrogen) atoms. The first-order valence-electron chi connectivity index (χ1n) is 13.1. The third-order valence-electron chi connectivity index (χ3n) is 6.79. The third kappa shape index (κ3) is 6.48. The van der Waals surface area contributed by atoms with E-state index in [1.807, 2.05) is 50.2 Å². The highest BCUT2D eigenvalue weighted by atomic mass is 35.5. The van der Waals surface area contributed by atoms with E-state index in [1.54, 1.807) is 48.5 Å². The second kappa shape index (κ2) is 12.5. The van der Waals surface area contributed by atoms with Gasteiger partial charge in [0.05, 0.1) is 5.69 Å². The number of nitrogens with zero attached hydrogens (tertiary/aromatic N) is 1. The van der Waals surface area contributed by atoms with Gasteiger partial charge in [-0.2, -0.15) is 0 Å². The molecule has 0 bridgehead atoms. The van der Waals surface area contributed by atoms with Crippen LogP contribution in [-0.4, -0.2) is 17.8 Å². The SMILES string of the molecule is Cc1ccc(COc2ccc(Cl)cc2/C=C2\C(=O)NC(=O)N(c3ccc(OCc4ccccc4Cl)cc3)C2=O)cc1C. The summed E-state index contributed by atoms with van der Waals surface area (Å²) in [5.41, 5.74) is 4.54. The molecule has 4 amide bonds. The van der Waals surface area contributed by atoms with Crippen molar-refractivity contribution >= 4 is 52.8 Å². The van der Waals surface area contributed by atoms with Gasteiger partial charge in [0.1, 0.15) is 30.3 Å². The summed E-state index contributed by atoms with van der Waals surface area (Å²) in [5.74, 6) is -0.663. The number of hydrogen-bond donors (Lipinski definition) is 1. The van der Waals surface area contributed by atoms with Crippen LogP contribution in [0.1, 0.15) is 27.8 Å². The third-order valence-corrected chi connectivity index (χ3v) is 7.39. The molecule has 5 rings (SSSR count). The van der Waals surface area contributed by atoms with Crippen LogP contribution in [0.4, 0.5) is 10.5 Å². The lowest BCUT2D eigenvalue weighted by Crippen LogP contribution is -2.54. The number of imide groups is 2. The van der Waals surface area contributed by atoms with E-state index in [1.165, 1.54) is 11.6 Å². The van der Waals surface area contributed by atoms with E-state index in [4.69, 9.17) is 32.7 Å². The van der Waals surface area contributed by atoms with E-state index in [2.05, 4.69) is 5.32 Å². The minimum Gasteiger partial charge on any atom is -0.489 e. The van der Waals surface area contributed by atoms with Crippen molar-refractivity contribution in [1.29, 1.82) is 0 Å². The number of carbonyl (C=O) groups excluding carboxylic acids is 3. The number of rotatable bonds is 8. The van der Waals surface area contributed by atoms with E-state index in [0.717, 1.165) is 21.6 Å². The van der Waals surface area contributed by atoms with Crippen molar-refractivity contribution in [2.24, 2.45) is 0 Å². The van der Waals surface area contributed by atoms with Crippen LogP contribution in [0.2, 0.25) is 10.0 Å². The second-order valence-corrected chi connectivity index (χ2v) is 10.6. The standard InChI is InChI=1S/C33H26Cl2N2O5/c1-20-7-8-22(15-21(20)2)18-42-30-14-9-25(34)16-24(30)17-28-31(38)36-33(40)37(32(28)39)26-10-12-27(13-11-26)41-19-23-5-3-4-6-29(23)35/h3-17H,18-19H2,1-2H3,(H,36,38,40)/b28-17+. The number of aryl methyl sites for hydroxylation is 2. The minimum atomic E-state index is -0.857. The van der Waals surface area contributed by atoms with Gasteiger partial charge < -0.3 is 9.47 Å². The molecular formula is C33H26Cl2N2O5. The van der Waals surface area contributed by atoms with Crippen molar-refractivity contribution in [1.82, 2.24) is 5.32 Å². The van der Waals surface area contributed by atoms with Gasteiger partial charge in [-0.1, -0.05) is 59.6 Å². The van der Waals surface area contributed by atoms with Gasteiger partial charge in [-0.15, -0.1) is 0 Å². The molecule has 4 aromatic rings. The van der Waals surface area contributed by atoms with Gasteiger partial charge in [0.25, 0.3) is 11.8 Å². The Morgan fingerprint density at radius 3 is 2.31 bits per heavy atom. The predicted octanol–water partition coefficient (Wildman–Crippen LogP) is 7.43. The molecular weight excluding hydrogens is 575 g/mol. The van der Waals surface area contributed by atoms with Gasteiger partial charge in [0.2, 0.25) is 0 Å². The van der Waals surface area contributed by atoms with Crippen molar-refractivity contribution in [2.45, 2.75) is 27.1 Å². The molecule has 1 heterocycles. The zero-order valence-corrected chi connectivity index (χ0v) is 24.3. The number of benzene rings is 4. The number of anilines is 1. The molecule has 1 aliphatic heterocycles. The number of amides is 4. The van der Waals surface area contributed by atoms with E-state index in [-0.39, 0.29) is 24.5 Å². The molecule has 9 heteroatoms. The van der Waals surface area contributed by atoms with Crippen molar-refractivity contribution in [2.75, 3.05) is 4.90 Å². The van der Waals surface area contributed by atoms with Crippen LogP contribution in [0.3, 0.4) is 0 Å². The Balaban J connectivity index is 1.36. The van der Waals surface area contributed by atoms with Crippen molar-refractivity contribution in [3.63, 3.8) is 0 Å². The fourth-order valence-corrected chi connectivity index (χ4v) is 4.70.